The highest BCUT2D eigenvalue weighted by Gasteiger charge is 2.37. The maximum Gasteiger partial charge on any atom is 0.329 e. The van der Waals surface area contributed by atoms with Crippen molar-refractivity contribution in [1.29, 1.82) is 0 Å². The minimum atomic E-state index is -3.42. The van der Waals surface area contributed by atoms with Crippen LogP contribution in [0.4, 0.5) is 5.69 Å². The predicted molar refractivity (Wildman–Crippen MR) is 81.0 cm³/mol. The van der Waals surface area contributed by atoms with E-state index in [1.807, 2.05) is 0 Å². The molecule has 1 aliphatic heterocycles. The highest BCUT2D eigenvalue weighted by molar-refractivity contribution is 7.88. The molecule has 1 N–H and O–H groups in total. The summed E-state index contributed by atoms with van der Waals surface area (Å²) in [4.78, 5) is 23.1. The van der Waals surface area contributed by atoms with E-state index in [0.717, 1.165) is 6.26 Å². The lowest BCUT2D eigenvalue weighted by atomic mass is 10.2. The second kappa shape index (κ2) is 6.45. The third-order valence-corrected chi connectivity index (χ3v) is 4.58. The zero-order chi connectivity index (χ0) is 16.3. The van der Waals surface area contributed by atoms with Gasteiger partial charge in [0.15, 0.2) is 0 Å². The van der Waals surface area contributed by atoms with Crippen LogP contribution < -0.4 is 10.1 Å². The summed E-state index contributed by atoms with van der Waals surface area (Å²) in [6.07, 6.45) is 2.17. The largest absolute Gasteiger partial charge is 0.425 e. The molecular weight excluding hydrogens is 308 g/mol. The van der Waals surface area contributed by atoms with Crippen LogP contribution in [0.15, 0.2) is 24.3 Å². The molecule has 8 heteroatoms. The molecule has 0 aliphatic carbocycles. The van der Waals surface area contributed by atoms with Gasteiger partial charge in [0.05, 0.1) is 6.26 Å². The van der Waals surface area contributed by atoms with Gasteiger partial charge in [-0.1, -0.05) is 0 Å². The smallest absolute Gasteiger partial charge is 0.329 e. The van der Waals surface area contributed by atoms with E-state index >= 15 is 0 Å². The van der Waals surface area contributed by atoms with Gasteiger partial charge in [-0.3, -0.25) is 4.79 Å². The number of carbonyl (C=O) groups excluding carboxylic acids is 2. The number of ether oxygens (including phenoxy) is 1. The van der Waals surface area contributed by atoms with Crippen molar-refractivity contribution in [3.05, 3.63) is 24.3 Å². The Morgan fingerprint density at radius 2 is 1.91 bits per heavy atom. The lowest BCUT2D eigenvalue weighted by Crippen LogP contribution is -2.41. The third-order valence-electron chi connectivity index (χ3n) is 3.29. The molecule has 0 aromatic heterocycles. The van der Waals surface area contributed by atoms with Crippen LogP contribution >= 0.6 is 0 Å². The molecule has 0 unspecified atom stereocenters. The van der Waals surface area contributed by atoms with Gasteiger partial charge >= 0.3 is 5.97 Å². The Kier molecular flexibility index (Phi) is 4.82. The topological polar surface area (TPSA) is 92.8 Å². The summed E-state index contributed by atoms with van der Waals surface area (Å²) < 4.78 is 29.6. The van der Waals surface area contributed by atoms with Crippen LogP contribution in [0.3, 0.4) is 0 Å². The zero-order valence-corrected chi connectivity index (χ0v) is 13.2. The van der Waals surface area contributed by atoms with E-state index in [4.69, 9.17) is 4.74 Å². The number of esters is 1. The van der Waals surface area contributed by atoms with Crippen LogP contribution in [-0.2, 0) is 19.6 Å². The number of benzene rings is 1. The van der Waals surface area contributed by atoms with Gasteiger partial charge in [0.25, 0.3) is 0 Å². The molecule has 0 radical (unpaired) electrons. The van der Waals surface area contributed by atoms with E-state index in [9.17, 15) is 18.0 Å². The van der Waals surface area contributed by atoms with Crippen molar-refractivity contribution in [3.63, 3.8) is 0 Å². The normalized spacial score (nSPS) is 18.9. The number of sulfonamides is 1. The van der Waals surface area contributed by atoms with Gasteiger partial charge in [0.2, 0.25) is 15.9 Å². The number of amides is 1. The van der Waals surface area contributed by atoms with Crippen molar-refractivity contribution < 1.29 is 22.7 Å². The maximum absolute atomic E-state index is 12.1. The first kappa shape index (κ1) is 16.4. The van der Waals surface area contributed by atoms with Gasteiger partial charge in [-0.15, -0.1) is 0 Å². The molecule has 1 aromatic rings. The second-order valence-corrected chi connectivity index (χ2v) is 7.09. The Hall–Kier alpha value is -1.93. The van der Waals surface area contributed by atoms with Crippen molar-refractivity contribution in [2.45, 2.75) is 25.8 Å². The summed E-state index contributed by atoms with van der Waals surface area (Å²) in [7, 11) is -3.42. The van der Waals surface area contributed by atoms with Gasteiger partial charge in [-0.2, -0.15) is 4.31 Å². The summed E-state index contributed by atoms with van der Waals surface area (Å²) in [6.45, 7) is 1.73. The molecule has 2 rings (SSSR count). The predicted octanol–water partition coefficient (Wildman–Crippen LogP) is 0.974. The monoisotopic (exact) mass is 326 g/mol. The fourth-order valence-electron chi connectivity index (χ4n) is 2.37. The van der Waals surface area contributed by atoms with Crippen LogP contribution in [0.5, 0.6) is 5.75 Å². The lowest BCUT2D eigenvalue weighted by molar-refractivity contribution is -0.138. The number of hydrogen-bond acceptors (Lipinski definition) is 5. The summed E-state index contributed by atoms with van der Waals surface area (Å²) in [5.74, 6) is -0.478. The maximum atomic E-state index is 12.1. The summed E-state index contributed by atoms with van der Waals surface area (Å²) in [5.41, 5.74) is 0.589. The molecule has 1 heterocycles. The molecule has 7 nitrogen and oxygen atoms in total. The van der Waals surface area contributed by atoms with E-state index < -0.39 is 22.0 Å². The van der Waals surface area contributed by atoms with Crippen molar-refractivity contribution in [2.75, 3.05) is 18.1 Å². The first-order valence-electron chi connectivity index (χ1n) is 6.83. The third kappa shape index (κ3) is 4.05. The molecule has 1 aromatic carbocycles. The molecule has 1 fully saturated rings. The number of rotatable bonds is 4. The fourth-order valence-corrected chi connectivity index (χ4v) is 3.48. The van der Waals surface area contributed by atoms with Crippen molar-refractivity contribution >= 4 is 27.6 Å². The Bertz CT molecular complexity index is 669. The summed E-state index contributed by atoms with van der Waals surface area (Å²) in [6, 6.07) is 5.52. The molecule has 1 amide bonds. The molecule has 1 saturated heterocycles. The molecular formula is C14H18N2O5S. The van der Waals surface area contributed by atoms with Crippen molar-refractivity contribution in [3.8, 4) is 5.75 Å². The highest BCUT2D eigenvalue weighted by Crippen LogP contribution is 2.23. The van der Waals surface area contributed by atoms with Gasteiger partial charge in [-0.05, 0) is 37.1 Å². The highest BCUT2D eigenvalue weighted by atomic mass is 32.2. The average molecular weight is 326 g/mol. The van der Waals surface area contributed by atoms with Crippen LogP contribution in [-0.4, -0.2) is 43.4 Å². The number of nitrogens with zero attached hydrogens (tertiary/aromatic N) is 1. The summed E-state index contributed by atoms with van der Waals surface area (Å²) >= 11 is 0. The molecule has 0 spiro atoms. The standard InChI is InChI=1S/C14H18N2O5S/c1-10(17)15-11-5-7-12(8-6-11)21-14(18)13-4-3-9-16(13)22(2,19)20/h5-8,13H,3-4,9H2,1-2H3,(H,15,17)/t13-/m0/s1. The molecule has 1 atom stereocenters. The number of carbonyl (C=O) groups is 2. The molecule has 0 bridgehead atoms. The molecule has 1 aliphatic rings. The number of nitrogens with one attached hydrogen (secondary N) is 1. The zero-order valence-electron chi connectivity index (χ0n) is 12.4. The van der Waals surface area contributed by atoms with Crippen molar-refractivity contribution in [2.24, 2.45) is 0 Å². The van der Waals surface area contributed by atoms with E-state index in [2.05, 4.69) is 5.32 Å². The minimum Gasteiger partial charge on any atom is -0.425 e. The van der Waals surface area contributed by atoms with Gasteiger partial charge < -0.3 is 10.1 Å². The number of anilines is 1. The van der Waals surface area contributed by atoms with Gasteiger partial charge in [0, 0.05) is 19.2 Å². The van der Waals surface area contributed by atoms with E-state index in [1.54, 1.807) is 24.3 Å². The molecule has 0 saturated carbocycles. The van der Waals surface area contributed by atoms with E-state index in [-0.39, 0.29) is 5.91 Å². The van der Waals surface area contributed by atoms with Gasteiger partial charge in [-0.25, -0.2) is 13.2 Å². The van der Waals surface area contributed by atoms with Crippen LogP contribution in [0.1, 0.15) is 19.8 Å². The summed E-state index contributed by atoms with van der Waals surface area (Å²) in [5, 5.41) is 2.60. The van der Waals surface area contributed by atoms with Crippen LogP contribution in [0.2, 0.25) is 0 Å². The van der Waals surface area contributed by atoms with E-state index in [0.29, 0.717) is 30.8 Å². The first-order valence-corrected chi connectivity index (χ1v) is 8.68. The fraction of sp³-hybridized carbons (Fsp3) is 0.429. The van der Waals surface area contributed by atoms with Crippen LogP contribution in [0.25, 0.3) is 0 Å². The Balaban J connectivity index is 2.04. The van der Waals surface area contributed by atoms with Gasteiger partial charge in [0.1, 0.15) is 11.8 Å². The first-order chi connectivity index (χ1) is 10.3. The Morgan fingerprint density at radius 1 is 1.27 bits per heavy atom. The average Bonchev–Trinajstić information content (AvgIpc) is 2.89. The minimum absolute atomic E-state index is 0.195. The number of hydrogen-bond donors (Lipinski definition) is 1. The molecule has 120 valence electrons. The lowest BCUT2D eigenvalue weighted by Gasteiger charge is -2.20. The van der Waals surface area contributed by atoms with Crippen LogP contribution in [0, 0.1) is 0 Å². The second-order valence-electron chi connectivity index (χ2n) is 5.16. The van der Waals surface area contributed by atoms with Crippen molar-refractivity contribution in [1.82, 2.24) is 4.31 Å². The molecule has 22 heavy (non-hydrogen) atoms. The Labute approximate surface area is 129 Å². The Morgan fingerprint density at radius 3 is 2.45 bits per heavy atom. The SMILES string of the molecule is CC(=O)Nc1ccc(OC(=O)[C@@H]2CCCN2S(C)(=O)=O)cc1. The van der Waals surface area contributed by atoms with E-state index in [1.165, 1.54) is 11.2 Å². The quantitative estimate of drug-likeness (QED) is 0.657.